The summed E-state index contributed by atoms with van der Waals surface area (Å²) < 4.78 is 28.6. The molecular weight excluding hydrogens is 370 g/mol. The first-order valence-corrected chi connectivity index (χ1v) is 14.9. The molecule has 0 bridgehead atoms. The summed E-state index contributed by atoms with van der Waals surface area (Å²) in [7, 11) is -4.86. The minimum atomic E-state index is -3.45. The lowest BCUT2D eigenvalue weighted by atomic mass is 9.87. The zero-order valence-corrected chi connectivity index (χ0v) is 18.7. The summed E-state index contributed by atoms with van der Waals surface area (Å²) in [4.78, 5) is 0.423. The summed E-state index contributed by atoms with van der Waals surface area (Å²) in [5.74, 6) is 0.442. The summed E-state index contributed by atoms with van der Waals surface area (Å²) in [5.41, 5.74) is 2.42. The number of rotatable bonds is 5. The minimum Gasteiger partial charge on any atom is -0.207 e. The van der Waals surface area contributed by atoms with Crippen molar-refractivity contribution in [3.8, 4) is 0 Å². The first-order chi connectivity index (χ1) is 12.7. The molecule has 0 spiro atoms. The second-order valence-corrected chi connectivity index (χ2v) is 16.4. The van der Waals surface area contributed by atoms with Crippen molar-refractivity contribution in [3.05, 3.63) is 65.7 Å². The van der Waals surface area contributed by atoms with Crippen molar-refractivity contribution in [2.24, 2.45) is 0 Å². The molecule has 1 saturated heterocycles. The molecule has 0 aliphatic carbocycles. The molecule has 0 aromatic heterocycles. The molecule has 1 aliphatic heterocycles. The van der Waals surface area contributed by atoms with Gasteiger partial charge in [-0.1, -0.05) is 67.7 Å². The van der Waals surface area contributed by atoms with Gasteiger partial charge in [-0.3, -0.25) is 0 Å². The summed E-state index contributed by atoms with van der Waals surface area (Å²) in [5, 5.41) is 0. The number of hydrogen-bond donors (Lipinski definition) is 0. The quantitative estimate of drug-likeness (QED) is 0.640. The van der Waals surface area contributed by atoms with Crippen LogP contribution < -0.4 is 0 Å². The molecule has 5 heteroatoms. The van der Waals surface area contributed by atoms with E-state index in [0.29, 0.717) is 17.4 Å². The van der Waals surface area contributed by atoms with Crippen molar-refractivity contribution in [2.75, 3.05) is 6.54 Å². The van der Waals surface area contributed by atoms with E-state index in [1.165, 1.54) is 5.56 Å². The predicted octanol–water partition coefficient (Wildman–Crippen LogP) is 5.27. The van der Waals surface area contributed by atoms with Crippen LogP contribution in [-0.2, 0) is 10.0 Å². The van der Waals surface area contributed by atoms with Gasteiger partial charge in [-0.25, -0.2) is 8.42 Å². The van der Waals surface area contributed by atoms with Gasteiger partial charge in [-0.15, -0.1) is 0 Å². The summed E-state index contributed by atoms with van der Waals surface area (Å²) >= 11 is 0. The third-order valence-corrected chi connectivity index (χ3v) is 9.07. The SMILES string of the molecule is Cc1ccc(S(=O)(=O)N2CCC(c3ccccc3)C[C@H]2C[Si](C)(C)C)cc1. The number of piperidine rings is 1. The normalized spacial score (nSPS) is 21.9. The molecule has 3 rings (SSSR count). The fraction of sp³-hybridized carbons (Fsp3) is 0.455. The largest absolute Gasteiger partial charge is 0.243 e. The van der Waals surface area contributed by atoms with Crippen LogP contribution in [0.3, 0.4) is 0 Å². The molecule has 1 aliphatic rings. The van der Waals surface area contributed by atoms with E-state index in [-0.39, 0.29) is 6.04 Å². The number of benzene rings is 2. The van der Waals surface area contributed by atoms with Crippen molar-refractivity contribution < 1.29 is 8.42 Å². The van der Waals surface area contributed by atoms with E-state index < -0.39 is 18.1 Å². The first-order valence-electron chi connectivity index (χ1n) is 9.80. The molecule has 2 aromatic carbocycles. The zero-order chi connectivity index (χ0) is 19.7. The summed E-state index contributed by atoms with van der Waals surface area (Å²) in [6.07, 6.45) is 1.80. The van der Waals surface area contributed by atoms with E-state index in [0.717, 1.165) is 24.4 Å². The molecule has 1 unspecified atom stereocenters. The smallest absolute Gasteiger partial charge is 0.207 e. The summed E-state index contributed by atoms with van der Waals surface area (Å²) in [6.45, 7) is 9.57. The maximum atomic E-state index is 13.4. The Hall–Kier alpha value is -1.43. The van der Waals surface area contributed by atoms with Gasteiger partial charge in [0.05, 0.1) is 4.90 Å². The van der Waals surface area contributed by atoms with Gasteiger partial charge in [0, 0.05) is 20.7 Å². The van der Waals surface area contributed by atoms with E-state index in [4.69, 9.17) is 0 Å². The number of aryl methyl sites for hydroxylation is 1. The Kier molecular flexibility index (Phi) is 5.94. The lowest BCUT2D eigenvalue weighted by Crippen LogP contribution is -2.48. The van der Waals surface area contributed by atoms with Gasteiger partial charge in [0.25, 0.3) is 0 Å². The van der Waals surface area contributed by atoms with Crippen molar-refractivity contribution in [1.82, 2.24) is 4.31 Å². The monoisotopic (exact) mass is 401 g/mol. The Morgan fingerprint density at radius 2 is 1.63 bits per heavy atom. The Labute approximate surface area is 165 Å². The highest BCUT2D eigenvalue weighted by molar-refractivity contribution is 7.89. The van der Waals surface area contributed by atoms with Crippen LogP contribution in [0, 0.1) is 6.92 Å². The highest BCUT2D eigenvalue weighted by Crippen LogP contribution is 2.37. The lowest BCUT2D eigenvalue weighted by molar-refractivity contribution is 0.244. The van der Waals surface area contributed by atoms with Crippen molar-refractivity contribution in [3.63, 3.8) is 0 Å². The molecule has 3 nitrogen and oxygen atoms in total. The molecule has 0 amide bonds. The van der Waals surface area contributed by atoms with Crippen LogP contribution in [0.2, 0.25) is 25.7 Å². The number of sulfonamides is 1. The van der Waals surface area contributed by atoms with E-state index >= 15 is 0 Å². The Morgan fingerprint density at radius 1 is 1.00 bits per heavy atom. The van der Waals surface area contributed by atoms with Gasteiger partial charge in [-0.2, -0.15) is 4.31 Å². The Balaban J connectivity index is 1.90. The maximum absolute atomic E-state index is 13.4. The van der Waals surface area contributed by atoms with Gasteiger partial charge in [0.2, 0.25) is 10.0 Å². The van der Waals surface area contributed by atoms with Crippen LogP contribution in [0.25, 0.3) is 0 Å². The standard InChI is InChI=1S/C22H31NO2SSi/c1-18-10-12-22(13-11-18)26(24,25)23-15-14-20(19-8-6-5-7-9-19)16-21(23)17-27(2,3)4/h5-13,20-21H,14-17H2,1-4H3/t20?,21-/m0/s1. The predicted molar refractivity (Wildman–Crippen MR) is 115 cm³/mol. The molecular formula is C22H31NO2SSi. The average molecular weight is 402 g/mol. The Bertz CT molecular complexity index is 857. The van der Waals surface area contributed by atoms with Gasteiger partial charge in [0.15, 0.2) is 0 Å². The van der Waals surface area contributed by atoms with Crippen LogP contribution in [0.15, 0.2) is 59.5 Å². The van der Waals surface area contributed by atoms with E-state index in [1.54, 1.807) is 16.4 Å². The second kappa shape index (κ2) is 7.90. The number of hydrogen-bond acceptors (Lipinski definition) is 2. The van der Waals surface area contributed by atoms with Gasteiger partial charge < -0.3 is 0 Å². The highest BCUT2D eigenvalue weighted by Gasteiger charge is 2.39. The zero-order valence-electron chi connectivity index (χ0n) is 16.9. The fourth-order valence-corrected chi connectivity index (χ4v) is 7.69. The van der Waals surface area contributed by atoms with Crippen LogP contribution in [-0.4, -0.2) is 33.4 Å². The molecule has 27 heavy (non-hydrogen) atoms. The molecule has 2 atom stereocenters. The number of nitrogens with zero attached hydrogens (tertiary/aromatic N) is 1. The van der Waals surface area contributed by atoms with Crippen LogP contribution in [0.1, 0.15) is 29.9 Å². The molecule has 0 N–H and O–H groups in total. The van der Waals surface area contributed by atoms with E-state index in [9.17, 15) is 8.42 Å². The maximum Gasteiger partial charge on any atom is 0.243 e. The van der Waals surface area contributed by atoms with Crippen molar-refractivity contribution in [1.29, 1.82) is 0 Å². The van der Waals surface area contributed by atoms with Crippen LogP contribution >= 0.6 is 0 Å². The van der Waals surface area contributed by atoms with Crippen molar-refractivity contribution in [2.45, 2.75) is 62.3 Å². The highest BCUT2D eigenvalue weighted by atomic mass is 32.2. The molecule has 2 aromatic rings. The average Bonchev–Trinajstić information content (AvgIpc) is 2.61. The van der Waals surface area contributed by atoms with E-state index in [1.807, 2.05) is 25.1 Å². The first kappa shape index (κ1) is 20.3. The van der Waals surface area contributed by atoms with E-state index in [2.05, 4.69) is 43.9 Å². The molecule has 0 radical (unpaired) electrons. The Morgan fingerprint density at radius 3 is 2.22 bits per heavy atom. The van der Waals surface area contributed by atoms with Crippen LogP contribution in [0.5, 0.6) is 0 Å². The van der Waals surface area contributed by atoms with Gasteiger partial charge in [-0.05, 0) is 49.4 Å². The molecule has 146 valence electrons. The lowest BCUT2D eigenvalue weighted by Gasteiger charge is -2.41. The third kappa shape index (κ3) is 4.89. The molecule has 1 heterocycles. The third-order valence-electron chi connectivity index (χ3n) is 5.41. The van der Waals surface area contributed by atoms with Gasteiger partial charge in [0.1, 0.15) is 0 Å². The molecule has 1 fully saturated rings. The topological polar surface area (TPSA) is 37.4 Å². The van der Waals surface area contributed by atoms with Crippen LogP contribution in [0.4, 0.5) is 0 Å². The molecule has 0 saturated carbocycles. The minimum absolute atomic E-state index is 0.0851. The van der Waals surface area contributed by atoms with Crippen molar-refractivity contribution >= 4 is 18.1 Å². The van der Waals surface area contributed by atoms with Gasteiger partial charge >= 0.3 is 0 Å². The second-order valence-electron chi connectivity index (χ2n) is 8.98. The fourth-order valence-electron chi connectivity index (χ4n) is 4.11. The summed E-state index contributed by atoms with van der Waals surface area (Å²) in [6, 6.07) is 18.9.